The molecule has 156 valence electrons. The van der Waals surface area contributed by atoms with E-state index in [9.17, 15) is 10.1 Å². The first-order valence-corrected chi connectivity index (χ1v) is 11.0. The maximum atomic E-state index is 12.8. The number of H-pyrrole nitrogens is 3. The minimum Gasteiger partial charge on any atom is -0.356 e. The third-order valence-electron chi connectivity index (χ3n) is 6.92. The van der Waals surface area contributed by atoms with Crippen LogP contribution in [0.4, 0.5) is 0 Å². The summed E-state index contributed by atoms with van der Waals surface area (Å²) in [4.78, 5) is 29.5. The maximum absolute atomic E-state index is 12.8. The van der Waals surface area contributed by atoms with E-state index in [-0.39, 0.29) is 5.56 Å². The Labute approximate surface area is 179 Å². The third kappa shape index (κ3) is 2.98. The fourth-order valence-corrected chi connectivity index (χ4v) is 4.97. The van der Waals surface area contributed by atoms with E-state index < -0.39 is 0 Å². The number of imidazole rings is 1. The van der Waals surface area contributed by atoms with E-state index in [1.807, 2.05) is 6.07 Å². The van der Waals surface area contributed by atoms with E-state index in [4.69, 9.17) is 4.98 Å². The number of rotatable bonds is 3. The Balaban J connectivity index is 1.47. The summed E-state index contributed by atoms with van der Waals surface area (Å²) in [5.41, 5.74) is 5.64. The molecule has 0 radical (unpaired) electrons. The van der Waals surface area contributed by atoms with Crippen molar-refractivity contribution in [2.75, 3.05) is 20.1 Å². The van der Waals surface area contributed by atoms with Crippen molar-refractivity contribution in [2.45, 2.75) is 37.5 Å². The molecule has 0 spiro atoms. The standard InChI is InChI=1S/C24H24N6O/c1-30-8-6-13(7-9-30)15-4-5-18-19(10-15)28-23(27-18)20-22-17(12-26-24(20)31)16(11-25)21(29-22)14-2-3-14/h4-5,10,12-14,29H,2-3,6-9H2,1H3,(H,26,31)(H,27,28). The van der Waals surface area contributed by atoms with Crippen LogP contribution in [0.1, 0.15) is 54.3 Å². The number of hydrogen-bond acceptors (Lipinski definition) is 4. The van der Waals surface area contributed by atoms with E-state index in [0.717, 1.165) is 60.9 Å². The van der Waals surface area contributed by atoms with E-state index in [0.29, 0.717) is 34.3 Å². The van der Waals surface area contributed by atoms with Crippen molar-refractivity contribution in [3.63, 3.8) is 0 Å². The lowest BCUT2D eigenvalue weighted by Crippen LogP contribution is -2.29. The first kappa shape index (κ1) is 18.4. The number of nitrogens with one attached hydrogen (secondary N) is 3. The molecule has 1 saturated heterocycles. The summed E-state index contributed by atoms with van der Waals surface area (Å²) in [5, 5.41) is 10.5. The summed E-state index contributed by atoms with van der Waals surface area (Å²) < 4.78 is 0. The molecule has 6 rings (SSSR count). The number of benzene rings is 1. The van der Waals surface area contributed by atoms with Gasteiger partial charge in [0, 0.05) is 23.2 Å². The van der Waals surface area contributed by atoms with Crippen molar-refractivity contribution >= 4 is 21.9 Å². The van der Waals surface area contributed by atoms with Crippen LogP contribution in [0.25, 0.3) is 33.3 Å². The van der Waals surface area contributed by atoms with Gasteiger partial charge in [-0.15, -0.1) is 0 Å². The van der Waals surface area contributed by atoms with E-state index in [1.54, 1.807) is 6.20 Å². The molecule has 4 aromatic rings. The van der Waals surface area contributed by atoms with Gasteiger partial charge in [0.15, 0.2) is 0 Å². The Morgan fingerprint density at radius 3 is 2.68 bits per heavy atom. The predicted molar refractivity (Wildman–Crippen MR) is 120 cm³/mol. The number of nitrogens with zero attached hydrogens (tertiary/aromatic N) is 3. The zero-order chi connectivity index (χ0) is 21.1. The number of fused-ring (bicyclic) bond motifs is 2. The molecule has 0 atom stereocenters. The minimum absolute atomic E-state index is 0.213. The van der Waals surface area contributed by atoms with Crippen molar-refractivity contribution in [3.8, 4) is 17.5 Å². The highest BCUT2D eigenvalue weighted by atomic mass is 16.1. The summed E-state index contributed by atoms with van der Waals surface area (Å²) in [6.07, 6.45) is 6.12. The van der Waals surface area contributed by atoms with E-state index >= 15 is 0 Å². The normalized spacial score (nSPS) is 18.1. The quantitative estimate of drug-likeness (QED) is 0.474. The molecule has 1 aliphatic heterocycles. The fraction of sp³-hybridized carbons (Fsp3) is 0.375. The van der Waals surface area contributed by atoms with Gasteiger partial charge in [-0.05, 0) is 69.4 Å². The second-order valence-corrected chi connectivity index (χ2v) is 9.02. The molecule has 4 heterocycles. The molecule has 2 fully saturated rings. The third-order valence-corrected chi connectivity index (χ3v) is 6.92. The van der Waals surface area contributed by atoms with Gasteiger partial charge in [0.05, 0.1) is 22.1 Å². The summed E-state index contributed by atoms with van der Waals surface area (Å²) in [5.74, 6) is 1.48. The van der Waals surface area contributed by atoms with Crippen LogP contribution in [0.2, 0.25) is 0 Å². The van der Waals surface area contributed by atoms with Crippen molar-refractivity contribution < 1.29 is 0 Å². The SMILES string of the molecule is CN1CCC(c2ccc3nc(-c4c(=O)[nH]cc5c(C#N)c(C6CC6)[nH]c45)[nH]c3c2)CC1. The highest BCUT2D eigenvalue weighted by molar-refractivity contribution is 5.97. The van der Waals surface area contributed by atoms with E-state index in [1.165, 1.54) is 5.56 Å². The highest BCUT2D eigenvalue weighted by Crippen LogP contribution is 2.43. The van der Waals surface area contributed by atoms with Gasteiger partial charge < -0.3 is 19.9 Å². The zero-order valence-corrected chi connectivity index (χ0v) is 17.5. The van der Waals surface area contributed by atoms with Gasteiger partial charge in [-0.3, -0.25) is 4.79 Å². The molecule has 7 nitrogen and oxygen atoms in total. The Bertz CT molecular complexity index is 1410. The molecule has 7 heteroatoms. The van der Waals surface area contributed by atoms with Gasteiger partial charge in [-0.25, -0.2) is 4.98 Å². The van der Waals surface area contributed by atoms with Crippen molar-refractivity contribution in [3.05, 3.63) is 51.6 Å². The molecule has 0 unspecified atom stereocenters. The predicted octanol–water partition coefficient (Wildman–Crippen LogP) is 3.96. The first-order chi connectivity index (χ1) is 15.1. The molecule has 1 aliphatic carbocycles. The van der Waals surface area contributed by atoms with Gasteiger partial charge in [-0.1, -0.05) is 6.07 Å². The van der Waals surface area contributed by atoms with Crippen LogP contribution in [0.3, 0.4) is 0 Å². The summed E-state index contributed by atoms with van der Waals surface area (Å²) in [6, 6.07) is 8.72. The molecule has 0 amide bonds. The molecular weight excluding hydrogens is 388 g/mol. The lowest BCUT2D eigenvalue weighted by Gasteiger charge is -2.29. The second-order valence-electron chi connectivity index (χ2n) is 9.02. The number of aromatic nitrogens is 4. The maximum Gasteiger partial charge on any atom is 0.261 e. The molecule has 1 aromatic carbocycles. The van der Waals surface area contributed by atoms with E-state index in [2.05, 4.69) is 45.1 Å². The van der Waals surface area contributed by atoms with Crippen molar-refractivity contribution in [1.29, 1.82) is 5.26 Å². The lowest BCUT2D eigenvalue weighted by molar-refractivity contribution is 0.255. The largest absolute Gasteiger partial charge is 0.356 e. The van der Waals surface area contributed by atoms with Gasteiger partial charge >= 0.3 is 0 Å². The van der Waals surface area contributed by atoms with Crippen LogP contribution < -0.4 is 5.56 Å². The summed E-state index contributed by atoms with van der Waals surface area (Å²) >= 11 is 0. The molecule has 1 saturated carbocycles. The highest BCUT2D eigenvalue weighted by Gasteiger charge is 2.30. The summed E-state index contributed by atoms with van der Waals surface area (Å²) in [6.45, 7) is 2.23. The average molecular weight is 412 g/mol. The molecule has 3 N–H and O–H groups in total. The van der Waals surface area contributed by atoms with Crippen LogP contribution in [-0.2, 0) is 0 Å². The fourth-order valence-electron chi connectivity index (χ4n) is 4.97. The Hall–Kier alpha value is -3.37. The number of hydrogen-bond donors (Lipinski definition) is 3. The number of likely N-dealkylation sites (tertiary alicyclic amines) is 1. The monoisotopic (exact) mass is 412 g/mol. The zero-order valence-electron chi connectivity index (χ0n) is 17.5. The van der Waals surface area contributed by atoms with Crippen LogP contribution in [0.5, 0.6) is 0 Å². The number of piperidine rings is 1. The molecule has 2 aliphatic rings. The molecule has 31 heavy (non-hydrogen) atoms. The van der Waals surface area contributed by atoms with Crippen LogP contribution in [-0.4, -0.2) is 45.0 Å². The first-order valence-electron chi connectivity index (χ1n) is 11.0. The minimum atomic E-state index is -0.213. The number of aromatic amines is 3. The van der Waals surface area contributed by atoms with Crippen LogP contribution in [0.15, 0.2) is 29.2 Å². The van der Waals surface area contributed by atoms with Gasteiger partial charge in [0.2, 0.25) is 0 Å². The average Bonchev–Trinajstić information content (AvgIpc) is 3.43. The molecular formula is C24H24N6O. The van der Waals surface area contributed by atoms with Crippen LogP contribution in [0, 0.1) is 11.3 Å². The smallest absolute Gasteiger partial charge is 0.261 e. The summed E-state index contributed by atoms with van der Waals surface area (Å²) in [7, 11) is 2.17. The Kier molecular flexibility index (Phi) is 4.05. The Morgan fingerprint density at radius 1 is 1.13 bits per heavy atom. The topological polar surface area (TPSA) is 104 Å². The molecule has 3 aromatic heterocycles. The molecule has 0 bridgehead atoms. The van der Waals surface area contributed by atoms with Crippen molar-refractivity contribution in [1.82, 2.24) is 24.8 Å². The van der Waals surface area contributed by atoms with Crippen LogP contribution >= 0.6 is 0 Å². The number of nitriles is 1. The second kappa shape index (κ2) is 6.82. The van der Waals surface area contributed by atoms with Crippen molar-refractivity contribution in [2.24, 2.45) is 0 Å². The Morgan fingerprint density at radius 2 is 1.94 bits per heavy atom. The van der Waals surface area contributed by atoms with Gasteiger partial charge in [0.25, 0.3) is 5.56 Å². The lowest BCUT2D eigenvalue weighted by atomic mass is 9.89. The number of pyridine rings is 1. The van der Waals surface area contributed by atoms with Gasteiger partial charge in [-0.2, -0.15) is 5.26 Å². The van der Waals surface area contributed by atoms with Gasteiger partial charge in [0.1, 0.15) is 17.5 Å².